The molecule has 1 aromatic rings. The second kappa shape index (κ2) is 6.83. The second-order valence-corrected chi connectivity index (χ2v) is 4.23. The van der Waals surface area contributed by atoms with Crippen LogP contribution in [0.4, 0.5) is 17.5 Å². The lowest BCUT2D eigenvalue weighted by Gasteiger charge is -2.23. The van der Waals surface area contributed by atoms with Crippen molar-refractivity contribution >= 4 is 17.5 Å². The van der Waals surface area contributed by atoms with Crippen molar-refractivity contribution in [2.45, 2.75) is 26.3 Å². The third-order valence-corrected chi connectivity index (χ3v) is 2.74. The van der Waals surface area contributed by atoms with Crippen LogP contribution in [0.1, 0.15) is 20.3 Å². The van der Waals surface area contributed by atoms with Crippen molar-refractivity contribution in [2.75, 3.05) is 30.4 Å². The predicted molar refractivity (Wildman–Crippen MR) is 72.4 cm³/mol. The summed E-state index contributed by atoms with van der Waals surface area (Å²) in [5.74, 6) is 0.541. The van der Waals surface area contributed by atoms with Crippen molar-refractivity contribution < 1.29 is 10.0 Å². The van der Waals surface area contributed by atoms with Crippen molar-refractivity contribution in [3.8, 4) is 0 Å². The van der Waals surface area contributed by atoms with E-state index in [4.69, 9.17) is 5.11 Å². The topological polar surface area (TPSA) is 104 Å². The first-order valence-corrected chi connectivity index (χ1v) is 6.10. The average molecular weight is 269 g/mol. The van der Waals surface area contributed by atoms with Gasteiger partial charge in [-0.05, 0) is 13.3 Å². The monoisotopic (exact) mass is 269 g/mol. The van der Waals surface area contributed by atoms with Crippen LogP contribution in [-0.2, 0) is 0 Å². The highest BCUT2D eigenvalue weighted by Crippen LogP contribution is 2.26. The van der Waals surface area contributed by atoms with Gasteiger partial charge in [0.1, 0.15) is 6.20 Å². The molecular weight excluding hydrogens is 250 g/mol. The largest absolute Gasteiger partial charge is 0.394 e. The minimum absolute atomic E-state index is 0.116. The Morgan fingerprint density at radius 3 is 2.84 bits per heavy atom. The molecular formula is C11H19N5O3. The highest BCUT2D eigenvalue weighted by Gasteiger charge is 2.23. The number of aromatic nitrogens is 2. The van der Waals surface area contributed by atoms with Gasteiger partial charge in [-0.2, -0.15) is 4.98 Å². The summed E-state index contributed by atoms with van der Waals surface area (Å²) in [7, 11) is 1.65. The van der Waals surface area contributed by atoms with Gasteiger partial charge in [-0.15, -0.1) is 0 Å². The first-order chi connectivity index (χ1) is 9.01. The van der Waals surface area contributed by atoms with Crippen LogP contribution >= 0.6 is 0 Å². The van der Waals surface area contributed by atoms with Crippen LogP contribution in [0.15, 0.2) is 6.20 Å². The number of likely N-dealkylation sites (N-methyl/N-ethyl adjacent to an activating group) is 1. The summed E-state index contributed by atoms with van der Waals surface area (Å²) in [5.41, 5.74) is -0.176. The molecule has 0 saturated heterocycles. The Hall–Kier alpha value is -1.96. The van der Waals surface area contributed by atoms with E-state index in [2.05, 4.69) is 15.3 Å². The zero-order valence-corrected chi connectivity index (χ0v) is 11.3. The zero-order chi connectivity index (χ0) is 14.4. The van der Waals surface area contributed by atoms with E-state index in [1.807, 2.05) is 6.92 Å². The number of nitrogens with zero attached hydrogens (tertiary/aromatic N) is 4. The molecule has 0 aliphatic carbocycles. The highest BCUT2D eigenvalue weighted by atomic mass is 16.6. The molecule has 0 radical (unpaired) electrons. The Morgan fingerprint density at radius 1 is 1.63 bits per heavy atom. The summed E-state index contributed by atoms with van der Waals surface area (Å²) in [6, 6.07) is -0.271. The van der Waals surface area contributed by atoms with Crippen LogP contribution in [0.5, 0.6) is 0 Å². The van der Waals surface area contributed by atoms with E-state index in [1.165, 1.54) is 6.20 Å². The number of hydrogen-bond acceptors (Lipinski definition) is 7. The maximum atomic E-state index is 11.0. The van der Waals surface area contributed by atoms with E-state index in [1.54, 1.807) is 18.9 Å². The van der Waals surface area contributed by atoms with Gasteiger partial charge in [0.15, 0.2) is 0 Å². The highest BCUT2D eigenvalue weighted by molar-refractivity contribution is 5.59. The molecule has 8 heteroatoms. The van der Waals surface area contributed by atoms with Gasteiger partial charge >= 0.3 is 5.69 Å². The van der Waals surface area contributed by atoms with Gasteiger partial charge in [0.2, 0.25) is 11.8 Å². The van der Waals surface area contributed by atoms with Crippen LogP contribution in [-0.4, -0.2) is 46.2 Å². The Balaban J connectivity index is 3.11. The summed E-state index contributed by atoms with van der Waals surface area (Å²) in [4.78, 5) is 20.1. The standard InChI is InChI=1S/C11H19N5O3/c1-4-5-12-11-13-6-9(16(18)19)10(14-11)15(3)8(2)7-17/h6,8,17H,4-5,7H2,1-3H3,(H,12,13,14). The fourth-order valence-electron chi connectivity index (χ4n) is 1.41. The van der Waals surface area contributed by atoms with Crippen LogP contribution in [0, 0.1) is 10.1 Å². The van der Waals surface area contributed by atoms with E-state index < -0.39 is 4.92 Å². The van der Waals surface area contributed by atoms with Crippen LogP contribution < -0.4 is 10.2 Å². The third-order valence-electron chi connectivity index (χ3n) is 2.74. The number of rotatable bonds is 7. The maximum absolute atomic E-state index is 11.0. The minimum Gasteiger partial charge on any atom is -0.394 e. The number of hydrogen-bond donors (Lipinski definition) is 2. The molecule has 2 N–H and O–H groups in total. The zero-order valence-electron chi connectivity index (χ0n) is 11.3. The molecule has 0 aliphatic rings. The molecule has 1 heterocycles. The number of nitro groups is 1. The molecule has 0 spiro atoms. The molecule has 8 nitrogen and oxygen atoms in total. The normalized spacial score (nSPS) is 12.0. The maximum Gasteiger partial charge on any atom is 0.329 e. The van der Waals surface area contributed by atoms with Crippen LogP contribution in [0.25, 0.3) is 0 Å². The van der Waals surface area contributed by atoms with Gasteiger partial charge in [0, 0.05) is 13.6 Å². The minimum atomic E-state index is -0.528. The van der Waals surface area contributed by atoms with Crippen LogP contribution in [0.3, 0.4) is 0 Å². The lowest BCUT2D eigenvalue weighted by atomic mass is 10.3. The molecule has 0 bridgehead atoms. The second-order valence-electron chi connectivity index (χ2n) is 4.23. The summed E-state index contributed by atoms with van der Waals surface area (Å²) in [6.45, 7) is 4.33. The Labute approximate surface area is 111 Å². The van der Waals surface area contributed by atoms with Gasteiger partial charge in [-0.25, -0.2) is 4.98 Å². The van der Waals surface area contributed by atoms with E-state index in [9.17, 15) is 10.1 Å². The predicted octanol–water partition coefficient (Wildman–Crippen LogP) is 1.02. The molecule has 0 saturated carbocycles. The SMILES string of the molecule is CCCNc1ncc([N+](=O)[O-])c(N(C)C(C)CO)n1. The fraction of sp³-hybridized carbons (Fsp3) is 0.636. The molecule has 106 valence electrons. The smallest absolute Gasteiger partial charge is 0.329 e. The van der Waals surface area contributed by atoms with E-state index in [0.29, 0.717) is 12.5 Å². The Kier molecular flexibility index (Phi) is 5.43. The number of aliphatic hydroxyl groups is 1. The molecule has 0 aromatic carbocycles. The van der Waals surface area contributed by atoms with Crippen molar-refractivity contribution in [2.24, 2.45) is 0 Å². The molecule has 0 amide bonds. The molecule has 1 unspecified atom stereocenters. The fourth-order valence-corrected chi connectivity index (χ4v) is 1.41. The lowest BCUT2D eigenvalue weighted by molar-refractivity contribution is -0.384. The quantitative estimate of drug-likeness (QED) is 0.562. The van der Waals surface area contributed by atoms with Crippen molar-refractivity contribution in [1.29, 1.82) is 0 Å². The Morgan fingerprint density at radius 2 is 2.32 bits per heavy atom. The first kappa shape index (κ1) is 15.1. The van der Waals surface area contributed by atoms with Crippen LogP contribution in [0.2, 0.25) is 0 Å². The molecule has 19 heavy (non-hydrogen) atoms. The van der Waals surface area contributed by atoms with Gasteiger partial charge in [-0.1, -0.05) is 6.92 Å². The molecule has 1 atom stereocenters. The number of anilines is 2. The Bertz CT molecular complexity index is 440. The van der Waals surface area contributed by atoms with Gasteiger partial charge < -0.3 is 15.3 Å². The first-order valence-electron chi connectivity index (χ1n) is 6.10. The van der Waals surface area contributed by atoms with Gasteiger partial charge in [0.05, 0.1) is 17.6 Å². The molecule has 0 fully saturated rings. The summed E-state index contributed by atoms with van der Waals surface area (Å²) < 4.78 is 0. The molecule has 1 rings (SSSR count). The number of aliphatic hydroxyl groups excluding tert-OH is 1. The lowest BCUT2D eigenvalue weighted by Crippen LogP contribution is -2.33. The summed E-state index contributed by atoms with van der Waals surface area (Å²) in [6.07, 6.45) is 2.08. The van der Waals surface area contributed by atoms with E-state index >= 15 is 0 Å². The number of nitrogens with one attached hydrogen (secondary N) is 1. The van der Waals surface area contributed by atoms with Crippen molar-refractivity contribution in [3.05, 3.63) is 16.3 Å². The van der Waals surface area contributed by atoms with Crippen molar-refractivity contribution in [1.82, 2.24) is 9.97 Å². The van der Waals surface area contributed by atoms with Gasteiger partial charge in [-0.3, -0.25) is 10.1 Å². The average Bonchev–Trinajstić information content (AvgIpc) is 2.42. The van der Waals surface area contributed by atoms with Crippen molar-refractivity contribution in [3.63, 3.8) is 0 Å². The molecule has 0 aliphatic heterocycles. The van der Waals surface area contributed by atoms with E-state index in [0.717, 1.165) is 6.42 Å². The van der Waals surface area contributed by atoms with E-state index in [-0.39, 0.29) is 24.2 Å². The molecule has 1 aromatic heterocycles. The third kappa shape index (κ3) is 3.75. The van der Waals surface area contributed by atoms with Gasteiger partial charge in [0.25, 0.3) is 0 Å². The summed E-state index contributed by atoms with van der Waals surface area (Å²) >= 11 is 0. The summed E-state index contributed by atoms with van der Waals surface area (Å²) in [5, 5.41) is 23.1.